The fourth-order valence-electron chi connectivity index (χ4n) is 2.53. The lowest BCUT2D eigenvalue weighted by molar-refractivity contribution is -0.00517. The maximum Gasteiger partial charge on any atom is 0.338 e. The number of nitrogen functional groups attached to an aromatic ring is 1. The zero-order valence-electron chi connectivity index (χ0n) is 12.3. The maximum atomic E-state index is 11.8. The third-order valence-corrected chi connectivity index (χ3v) is 3.30. The molecule has 20 heavy (non-hydrogen) atoms. The van der Waals surface area contributed by atoms with Crippen LogP contribution >= 0.6 is 0 Å². The van der Waals surface area contributed by atoms with Gasteiger partial charge in [0.15, 0.2) is 0 Å². The van der Waals surface area contributed by atoms with E-state index in [1.165, 1.54) is 0 Å². The monoisotopic (exact) mass is 278 g/mol. The molecule has 1 fully saturated rings. The van der Waals surface area contributed by atoms with Crippen LogP contribution in [0, 0.1) is 0 Å². The Morgan fingerprint density at radius 3 is 2.65 bits per heavy atom. The van der Waals surface area contributed by atoms with Gasteiger partial charge >= 0.3 is 5.97 Å². The van der Waals surface area contributed by atoms with Crippen LogP contribution in [0.2, 0.25) is 0 Å². The second kappa shape index (κ2) is 6.13. The van der Waals surface area contributed by atoms with Gasteiger partial charge in [-0.15, -0.1) is 0 Å². The van der Waals surface area contributed by atoms with Crippen molar-refractivity contribution in [2.75, 3.05) is 30.3 Å². The van der Waals surface area contributed by atoms with Gasteiger partial charge in [-0.05, 0) is 39.0 Å². The first-order chi connectivity index (χ1) is 9.51. The van der Waals surface area contributed by atoms with Gasteiger partial charge in [0.2, 0.25) is 0 Å². The molecular formula is C15H22N2O3. The molecule has 0 spiro atoms. The highest BCUT2D eigenvalue weighted by Crippen LogP contribution is 2.28. The van der Waals surface area contributed by atoms with Gasteiger partial charge in [0.05, 0.1) is 35.8 Å². The van der Waals surface area contributed by atoms with Crippen LogP contribution < -0.4 is 10.6 Å². The molecule has 0 amide bonds. The number of anilines is 2. The van der Waals surface area contributed by atoms with E-state index in [0.717, 1.165) is 18.8 Å². The Bertz CT molecular complexity index is 480. The summed E-state index contributed by atoms with van der Waals surface area (Å²) in [5, 5.41) is 0. The van der Waals surface area contributed by atoms with Gasteiger partial charge in [-0.3, -0.25) is 0 Å². The van der Waals surface area contributed by atoms with E-state index in [9.17, 15) is 4.79 Å². The summed E-state index contributed by atoms with van der Waals surface area (Å²) < 4.78 is 10.7. The van der Waals surface area contributed by atoms with Crippen LogP contribution in [-0.4, -0.2) is 37.9 Å². The molecule has 1 aromatic carbocycles. The van der Waals surface area contributed by atoms with Crippen LogP contribution in [0.15, 0.2) is 18.2 Å². The highest BCUT2D eigenvalue weighted by molar-refractivity contribution is 5.92. The van der Waals surface area contributed by atoms with Gasteiger partial charge in [0.25, 0.3) is 0 Å². The first-order valence-electron chi connectivity index (χ1n) is 6.98. The van der Waals surface area contributed by atoms with Gasteiger partial charge in [-0.1, -0.05) is 0 Å². The number of esters is 1. The molecule has 0 aromatic heterocycles. The summed E-state index contributed by atoms with van der Waals surface area (Å²) in [4.78, 5) is 14.0. The molecule has 2 rings (SSSR count). The first kappa shape index (κ1) is 14.7. The average Bonchev–Trinajstić information content (AvgIpc) is 2.38. The Labute approximate surface area is 119 Å². The van der Waals surface area contributed by atoms with E-state index >= 15 is 0 Å². The summed E-state index contributed by atoms with van der Waals surface area (Å²) in [6, 6.07) is 5.26. The molecule has 1 aliphatic rings. The topological polar surface area (TPSA) is 64.8 Å². The van der Waals surface area contributed by atoms with E-state index < -0.39 is 0 Å². The third-order valence-electron chi connectivity index (χ3n) is 3.30. The average molecular weight is 278 g/mol. The van der Waals surface area contributed by atoms with E-state index in [1.807, 2.05) is 13.8 Å². The first-order valence-corrected chi connectivity index (χ1v) is 6.98. The SMILES string of the molecule is CCOC(=O)c1ccc(N)c(N2C[C@@H](C)O[C@@H](C)C2)c1. The largest absolute Gasteiger partial charge is 0.462 e. The van der Waals surface area contributed by atoms with E-state index in [1.54, 1.807) is 25.1 Å². The lowest BCUT2D eigenvalue weighted by Crippen LogP contribution is -2.45. The number of hydrogen-bond acceptors (Lipinski definition) is 5. The zero-order chi connectivity index (χ0) is 14.7. The molecule has 0 aliphatic carbocycles. The predicted octanol–water partition coefficient (Wildman–Crippen LogP) is 2.06. The molecule has 2 atom stereocenters. The maximum absolute atomic E-state index is 11.8. The number of rotatable bonds is 3. The second-order valence-corrected chi connectivity index (χ2v) is 5.16. The molecule has 1 aromatic rings. The van der Waals surface area contributed by atoms with Crippen molar-refractivity contribution in [3.63, 3.8) is 0 Å². The van der Waals surface area contributed by atoms with Gasteiger partial charge in [-0.2, -0.15) is 0 Å². The Balaban J connectivity index is 2.26. The summed E-state index contributed by atoms with van der Waals surface area (Å²) >= 11 is 0. The Kier molecular flexibility index (Phi) is 4.49. The van der Waals surface area contributed by atoms with Gasteiger partial charge in [0, 0.05) is 13.1 Å². The summed E-state index contributed by atoms with van der Waals surface area (Å²) in [7, 11) is 0. The van der Waals surface area contributed by atoms with Crippen LogP contribution in [0.25, 0.3) is 0 Å². The lowest BCUT2D eigenvalue weighted by atomic mass is 10.1. The van der Waals surface area contributed by atoms with E-state index in [4.69, 9.17) is 15.2 Å². The second-order valence-electron chi connectivity index (χ2n) is 5.16. The summed E-state index contributed by atoms with van der Waals surface area (Å²) in [5.41, 5.74) is 8.12. The fraction of sp³-hybridized carbons (Fsp3) is 0.533. The lowest BCUT2D eigenvalue weighted by Gasteiger charge is -2.37. The molecule has 110 valence electrons. The quantitative estimate of drug-likeness (QED) is 0.677. The number of ether oxygens (including phenoxy) is 2. The van der Waals surface area contributed by atoms with Crippen LogP contribution in [0.5, 0.6) is 0 Å². The normalized spacial score (nSPS) is 22.6. The molecule has 5 nitrogen and oxygen atoms in total. The zero-order valence-corrected chi connectivity index (χ0v) is 12.3. The number of hydrogen-bond donors (Lipinski definition) is 1. The van der Waals surface area contributed by atoms with E-state index in [-0.39, 0.29) is 18.2 Å². The molecule has 0 bridgehead atoms. The Morgan fingerprint density at radius 2 is 2.05 bits per heavy atom. The van der Waals surface area contributed by atoms with Gasteiger partial charge < -0.3 is 20.1 Å². The van der Waals surface area contributed by atoms with Crippen molar-refractivity contribution in [1.29, 1.82) is 0 Å². The Morgan fingerprint density at radius 1 is 1.40 bits per heavy atom. The number of morpholine rings is 1. The smallest absolute Gasteiger partial charge is 0.338 e. The van der Waals surface area contributed by atoms with Crippen molar-refractivity contribution in [1.82, 2.24) is 0 Å². The summed E-state index contributed by atoms with van der Waals surface area (Å²) in [6.07, 6.45) is 0.286. The van der Waals surface area contributed by atoms with Crippen LogP contribution in [0.3, 0.4) is 0 Å². The molecule has 1 aliphatic heterocycles. The van der Waals surface area contributed by atoms with Crippen molar-refractivity contribution in [3.8, 4) is 0 Å². The van der Waals surface area contributed by atoms with Crippen molar-refractivity contribution in [2.45, 2.75) is 33.0 Å². The molecule has 5 heteroatoms. The van der Waals surface area contributed by atoms with Crippen molar-refractivity contribution in [2.24, 2.45) is 0 Å². The molecule has 2 N–H and O–H groups in total. The molecule has 0 unspecified atom stereocenters. The fourth-order valence-corrected chi connectivity index (χ4v) is 2.53. The van der Waals surface area contributed by atoms with Crippen LogP contribution in [0.4, 0.5) is 11.4 Å². The number of nitrogens with two attached hydrogens (primary N) is 1. The standard InChI is InChI=1S/C15H22N2O3/c1-4-19-15(18)12-5-6-13(16)14(7-12)17-8-10(2)20-11(3)9-17/h5-7,10-11H,4,8-9,16H2,1-3H3/t10-,11+. The summed E-state index contributed by atoms with van der Waals surface area (Å²) in [5.74, 6) is -0.317. The molecule has 0 saturated carbocycles. The minimum absolute atomic E-state index is 0.143. The van der Waals surface area contributed by atoms with Gasteiger partial charge in [-0.25, -0.2) is 4.79 Å². The number of nitrogens with zero attached hydrogens (tertiary/aromatic N) is 1. The highest BCUT2D eigenvalue weighted by Gasteiger charge is 2.24. The highest BCUT2D eigenvalue weighted by atomic mass is 16.5. The van der Waals surface area contributed by atoms with Crippen LogP contribution in [-0.2, 0) is 9.47 Å². The number of benzene rings is 1. The van der Waals surface area contributed by atoms with Crippen molar-refractivity contribution >= 4 is 17.3 Å². The number of carbonyl (C=O) groups excluding carboxylic acids is 1. The summed E-state index contributed by atoms with van der Waals surface area (Å²) in [6.45, 7) is 7.76. The molecule has 0 radical (unpaired) electrons. The predicted molar refractivity (Wildman–Crippen MR) is 79.0 cm³/mol. The van der Waals surface area contributed by atoms with Crippen molar-refractivity contribution < 1.29 is 14.3 Å². The van der Waals surface area contributed by atoms with E-state index in [2.05, 4.69) is 4.90 Å². The molecule has 1 heterocycles. The van der Waals surface area contributed by atoms with Crippen LogP contribution in [0.1, 0.15) is 31.1 Å². The van der Waals surface area contributed by atoms with E-state index in [0.29, 0.717) is 17.9 Å². The van der Waals surface area contributed by atoms with Crippen molar-refractivity contribution in [3.05, 3.63) is 23.8 Å². The molecule has 1 saturated heterocycles. The minimum Gasteiger partial charge on any atom is -0.462 e. The van der Waals surface area contributed by atoms with Gasteiger partial charge in [0.1, 0.15) is 0 Å². The minimum atomic E-state index is -0.317. The Hall–Kier alpha value is -1.75. The third kappa shape index (κ3) is 3.22. The molecular weight excluding hydrogens is 256 g/mol. The number of carbonyl (C=O) groups is 1.